The molecule has 0 aromatic carbocycles. The molecule has 0 radical (unpaired) electrons. The Morgan fingerprint density at radius 1 is 1.53 bits per heavy atom. The van der Waals surface area contributed by atoms with E-state index in [4.69, 9.17) is 0 Å². The van der Waals surface area contributed by atoms with Gasteiger partial charge < -0.3 is 5.32 Å². The predicted octanol–water partition coefficient (Wildman–Crippen LogP) is 2.86. The number of hydrogen-bond donors (Lipinski definition) is 1. The summed E-state index contributed by atoms with van der Waals surface area (Å²) in [6, 6.07) is 0.318. The van der Waals surface area contributed by atoms with E-state index in [1.807, 2.05) is 6.26 Å². The number of anilines is 1. The number of carbonyl (C=O) groups excluding carboxylic acids is 1. The minimum Gasteiger partial charge on any atom is -0.366 e. The van der Waals surface area contributed by atoms with E-state index in [0.717, 1.165) is 12.7 Å². The van der Waals surface area contributed by atoms with Crippen LogP contribution in [-0.4, -0.2) is 28.6 Å². The zero-order valence-corrected chi connectivity index (χ0v) is 11.5. The summed E-state index contributed by atoms with van der Waals surface area (Å²) in [5.41, 5.74) is 0.516. The van der Waals surface area contributed by atoms with Gasteiger partial charge in [0.25, 0.3) is 0 Å². The number of aldehydes is 1. The minimum absolute atomic E-state index is 0.318. The number of aromatic nitrogens is 2. The second-order valence-corrected chi connectivity index (χ2v) is 4.95. The standard InChI is InChI=1S/C12H19N3OS/c1-5-10(8(2)3)14-11-9(7-16)6-13-12(15-11)17-4/h6-8,10H,5H2,1-4H3,(H,13,14,15). The van der Waals surface area contributed by atoms with Gasteiger partial charge in [-0.05, 0) is 18.6 Å². The average Bonchev–Trinajstić information content (AvgIpc) is 2.35. The van der Waals surface area contributed by atoms with Gasteiger partial charge in [-0.1, -0.05) is 32.5 Å². The molecule has 0 bridgehead atoms. The lowest BCUT2D eigenvalue weighted by Crippen LogP contribution is -2.26. The van der Waals surface area contributed by atoms with Crippen LogP contribution in [0, 0.1) is 5.92 Å². The molecule has 0 aliphatic carbocycles. The molecule has 1 unspecified atom stereocenters. The summed E-state index contributed by atoms with van der Waals surface area (Å²) in [6.07, 6.45) is 5.27. The Labute approximate surface area is 107 Å². The summed E-state index contributed by atoms with van der Waals surface area (Å²) in [7, 11) is 0. The highest BCUT2D eigenvalue weighted by atomic mass is 32.2. The average molecular weight is 253 g/mol. The molecule has 0 fully saturated rings. The van der Waals surface area contributed by atoms with E-state index in [-0.39, 0.29) is 0 Å². The third-order valence-corrected chi connectivity index (χ3v) is 3.23. The van der Waals surface area contributed by atoms with Crippen LogP contribution in [0.3, 0.4) is 0 Å². The van der Waals surface area contributed by atoms with Crippen molar-refractivity contribution in [3.8, 4) is 0 Å². The van der Waals surface area contributed by atoms with Crippen molar-refractivity contribution in [2.75, 3.05) is 11.6 Å². The van der Waals surface area contributed by atoms with Crippen molar-refractivity contribution in [3.05, 3.63) is 11.8 Å². The quantitative estimate of drug-likeness (QED) is 0.480. The number of hydrogen-bond acceptors (Lipinski definition) is 5. The van der Waals surface area contributed by atoms with Crippen LogP contribution < -0.4 is 5.32 Å². The lowest BCUT2D eigenvalue weighted by atomic mass is 10.0. The summed E-state index contributed by atoms with van der Waals surface area (Å²) < 4.78 is 0. The number of thioether (sulfide) groups is 1. The second-order valence-electron chi connectivity index (χ2n) is 4.18. The van der Waals surface area contributed by atoms with Crippen LogP contribution in [0.1, 0.15) is 37.6 Å². The first kappa shape index (κ1) is 14.0. The van der Waals surface area contributed by atoms with E-state index >= 15 is 0 Å². The van der Waals surface area contributed by atoms with E-state index < -0.39 is 0 Å². The van der Waals surface area contributed by atoms with Gasteiger partial charge in [-0.2, -0.15) is 0 Å². The molecule has 1 atom stereocenters. The number of carbonyl (C=O) groups is 1. The minimum atomic E-state index is 0.318. The Kier molecular flexibility index (Phi) is 5.41. The van der Waals surface area contributed by atoms with Crippen LogP contribution in [0.5, 0.6) is 0 Å². The van der Waals surface area contributed by atoms with Crippen molar-refractivity contribution in [3.63, 3.8) is 0 Å². The van der Waals surface area contributed by atoms with Crippen LogP contribution in [0.25, 0.3) is 0 Å². The molecule has 0 amide bonds. The topological polar surface area (TPSA) is 54.9 Å². The monoisotopic (exact) mass is 253 g/mol. The largest absolute Gasteiger partial charge is 0.366 e. The third-order valence-electron chi connectivity index (χ3n) is 2.67. The van der Waals surface area contributed by atoms with Crippen molar-refractivity contribution in [1.82, 2.24) is 9.97 Å². The van der Waals surface area contributed by atoms with Gasteiger partial charge in [-0.25, -0.2) is 9.97 Å². The first-order chi connectivity index (χ1) is 8.12. The first-order valence-corrected chi connectivity index (χ1v) is 6.97. The lowest BCUT2D eigenvalue weighted by molar-refractivity contribution is 0.112. The molecule has 5 heteroatoms. The van der Waals surface area contributed by atoms with Gasteiger partial charge in [-0.15, -0.1) is 0 Å². The molecule has 94 valence electrons. The molecule has 0 saturated heterocycles. The van der Waals surface area contributed by atoms with Gasteiger partial charge in [0.2, 0.25) is 0 Å². The van der Waals surface area contributed by atoms with Gasteiger partial charge in [0.05, 0.1) is 5.56 Å². The SMILES string of the molecule is CCC(Nc1nc(SC)ncc1C=O)C(C)C. The highest BCUT2D eigenvalue weighted by molar-refractivity contribution is 7.98. The predicted molar refractivity (Wildman–Crippen MR) is 71.7 cm³/mol. The van der Waals surface area contributed by atoms with E-state index in [1.165, 1.54) is 11.8 Å². The van der Waals surface area contributed by atoms with E-state index in [0.29, 0.717) is 28.5 Å². The van der Waals surface area contributed by atoms with Gasteiger partial charge >= 0.3 is 0 Å². The Hall–Kier alpha value is -1.10. The molecule has 1 heterocycles. The van der Waals surface area contributed by atoms with Crippen molar-refractivity contribution in [2.45, 2.75) is 38.4 Å². The summed E-state index contributed by atoms with van der Waals surface area (Å²) in [5.74, 6) is 1.13. The lowest BCUT2D eigenvalue weighted by Gasteiger charge is -2.22. The van der Waals surface area contributed by atoms with Crippen LogP contribution in [0.4, 0.5) is 5.82 Å². The molecule has 0 aliphatic rings. The number of rotatable bonds is 6. The third kappa shape index (κ3) is 3.70. The summed E-state index contributed by atoms with van der Waals surface area (Å²) in [6.45, 7) is 6.42. The van der Waals surface area contributed by atoms with E-state index in [2.05, 4.69) is 36.1 Å². The summed E-state index contributed by atoms with van der Waals surface area (Å²) in [5, 5.41) is 4.00. The highest BCUT2D eigenvalue weighted by Gasteiger charge is 2.14. The van der Waals surface area contributed by atoms with Gasteiger partial charge in [0, 0.05) is 12.2 Å². The normalized spacial score (nSPS) is 12.5. The molecule has 1 N–H and O–H groups in total. The fourth-order valence-corrected chi connectivity index (χ4v) is 1.93. The zero-order valence-electron chi connectivity index (χ0n) is 10.7. The fraction of sp³-hybridized carbons (Fsp3) is 0.583. The van der Waals surface area contributed by atoms with Crippen LogP contribution in [-0.2, 0) is 0 Å². The summed E-state index contributed by atoms with van der Waals surface area (Å²) in [4.78, 5) is 19.4. The number of nitrogens with zero attached hydrogens (tertiary/aromatic N) is 2. The van der Waals surface area contributed by atoms with E-state index in [9.17, 15) is 4.79 Å². The maximum atomic E-state index is 10.9. The van der Waals surface area contributed by atoms with Gasteiger partial charge in [0.15, 0.2) is 11.4 Å². The maximum absolute atomic E-state index is 10.9. The van der Waals surface area contributed by atoms with Crippen molar-refractivity contribution in [1.29, 1.82) is 0 Å². The Morgan fingerprint density at radius 3 is 2.71 bits per heavy atom. The van der Waals surface area contributed by atoms with Crippen LogP contribution in [0.15, 0.2) is 11.4 Å². The molecule has 0 spiro atoms. The number of nitrogens with one attached hydrogen (secondary N) is 1. The molecule has 1 aromatic rings. The van der Waals surface area contributed by atoms with Gasteiger partial charge in [-0.3, -0.25) is 4.79 Å². The van der Waals surface area contributed by atoms with Crippen molar-refractivity contribution in [2.24, 2.45) is 5.92 Å². The zero-order chi connectivity index (χ0) is 12.8. The van der Waals surface area contributed by atoms with Crippen LogP contribution in [0.2, 0.25) is 0 Å². The van der Waals surface area contributed by atoms with Crippen molar-refractivity contribution >= 4 is 23.9 Å². The fourth-order valence-electron chi connectivity index (χ4n) is 1.59. The summed E-state index contributed by atoms with van der Waals surface area (Å²) >= 11 is 1.47. The molecular weight excluding hydrogens is 234 g/mol. The Bertz CT molecular complexity index is 382. The molecule has 0 saturated carbocycles. The van der Waals surface area contributed by atoms with Crippen LogP contribution >= 0.6 is 11.8 Å². The maximum Gasteiger partial charge on any atom is 0.189 e. The molecular formula is C12H19N3OS. The Morgan fingerprint density at radius 2 is 2.24 bits per heavy atom. The smallest absolute Gasteiger partial charge is 0.189 e. The molecule has 1 aromatic heterocycles. The molecule has 17 heavy (non-hydrogen) atoms. The Balaban J connectivity index is 2.97. The molecule has 0 aliphatic heterocycles. The van der Waals surface area contributed by atoms with Gasteiger partial charge in [0.1, 0.15) is 5.82 Å². The molecule has 4 nitrogen and oxygen atoms in total. The van der Waals surface area contributed by atoms with Crippen molar-refractivity contribution < 1.29 is 4.79 Å². The second kappa shape index (κ2) is 6.59. The highest BCUT2D eigenvalue weighted by Crippen LogP contribution is 2.18. The first-order valence-electron chi connectivity index (χ1n) is 5.75. The molecule has 1 rings (SSSR count). The van der Waals surface area contributed by atoms with E-state index in [1.54, 1.807) is 6.20 Å².